The first-order chi connectivity index (χ1) is 8.79. The molecule has 1 aromatic carbocycles. The highest BCUT2D eigenvalue weighted by Crippen LogP contribution is 2.15. The van der Waals surface area contributed by atoms with Gasteiger partial charge in [-0.05, 0) is 18.6 Å². The highest BCUT2D eigenvalue weighted by Gasteiger charge is 2.01. The molecule has 0 fully saturated rings. The fraction of sp³-hybridized carbons (Fsp3) is 0.231. The Kier molecular flexibility index (Phi) is 3.96. The average molecular weight is 244 g/mol. The molecule has 0 saturated carbocycles. The van der Waals surface area contributed by atoms with Crippen molar-refractivity contribution in [2.75, 3.05) is 17.7 Å². The molecule has 94 valence electrons. The lowest BCUT2D eigenvalue weighted by Gasteiger charge is -2.08. The summed E-state index contributed by atoms with van der Waals surface area (Å²) >= 11 is 0. The zero-order valence-corrected chi connectivity index (χ0v) is 10.3. The van der Waals surface area contributed by atoms with Crippen molar-refractivity contribution in [3.8, 4) is 5.88 Å². The van der Waals surface area contributed by atoms with Crippen molar-refractivity contribution in [1.29, 1.82) is 0 Å². The van der Waals surface area contributed by atoms with Crippen molar-refractivity contribution in [2.45, 2.75) is 13.5 Å². The molecular weight excluding hydrogens is 228 g/mol. The maximum Gasteiger partial charge on any atom is 0.218 e. The molecule has 0 saturated heterocycles. The number of para-hydroxylation sites is 1. The molecule has 0 bridgehead atoms. The van der Waals surface area contributed by atoms with Crippen molar-refractivity contribution in [1.82, 2.24) is 9.97 Å². The van der Waals surface area contributed by atoms with E-state index < -0.39 is 0 Å². The van der Waals surface area contributed by atoms with Gasteiger partial charge < -0.3 is 15.8 Å². The number of nitrogens with two attached hydrogens (primary N) is 1. The SMILES string of the molecule is CCOc1cc(NCc2ccccc2N)ncn1. The van der Waals surface area contributed by atoms with E-state index in [9.17, 15) is 0 Å². The monoisotopic (exact) mass is 244 g/mol. The first-order valence-electron chi connectivity index (χ1n) is 5.81. The number of hydrogen-bond donors (Lipinski definition) is 2. The summed E-state index contributed by atoms with van der Waals surface area (Å²) in [7, 11) is 0. The molecule has 5 nitrogen and oxygen atoms in total. The molecule has 0 radical (unpaired) electrons. The summed E-state index contributed by atoms with van der Waals surface area (Å²) in [5, 5.41) is 3.19. The summed E-state index contributed by atoms with van der Waals surface area (Å²) in [6, 6.07) is 9.49. The Morgan fingerprint density at radius 3 is 2.89 bits per heavy atom. The van der Waals surface area contributed by atoms with E-state index in [4.69, 9.17) is 10.5 Å². The molecule has 2 aromatic rings. The highest BCUT2D eigenvalue weighted by atomic mass is 16.5. The fourth-order valence-electron chi connectivity index (χ4n) is 1.54. The molecule has 0 unspecified atom stereocenters. The summed E-state index contributed by atoms with van der Waals surface area (Å²) in [6.07, 6.45) is 1.47. The van der Waals surface area contributed by atoms with Crippen LogP contribution in [0.15, 0.2) is 36.7 Å². The van der Waals surface area contributed by atoms with Gasteiger partial charge >= 0.3 is 0 Å². The van der Waals surface area contributed by atoms with Crippen molar-refractivity contribution in [2.24, 2.45) is 0 Å². The number of aromatic nitrogens is 2. The molecule has 1 heterocycles. The molecule has 0 spiro atoms. The van der Waals surface area contributed by atoms with Gasteiger partial charge in [0.05, 0.1) is 6.61 Å². The van der Waals surface area contributed by atoms with Crippen LogP contribution in [0.5, 0.6) is 5.88 Å². The third-order valence-electron chi connectivity index (χ3n) is 2.45. The molecular formula is C13H16N4O. The minimum Gasteiger partial charge on any atom is -0.478 e. The maximum atomic E-state index is 5.86. The van der Waals surface area contributed by atoms with Crippen LogP contribution in [-0.2, 0) is 6.54 Å². The zero-order chi connectivity index (χ0) is 12.8. The van der Waals surface area contributed by atoms with Gasteiger partial charge in [0.1, 0.15) is 12.1 Å². The molecule has 0 atom stereocenters. The lowest BCUT2D eigenvalue weighted by Crippen LogP contribution is -2.05. The summed E-state index contributed by atoms with van der Waals surface area (Å²) in [6.45, 7) is 3.12. The molecule has 0 amide bonds. The van der Waals surface area contributed by atoms with Crippen LogP contribution < -0.4 is 15.8 Å². The Bertz CT molecular complexity index is 516. The zero-order valence-electron chi connectivity index (χ0n) is 10.3. The van der Waals surface area contributed by atoms with E-state index in [2.05, 4.69) is 15.3 Å². The second-order valence-corrected chi connectivity index (χ2v) is 3.73. The first-order valence-corrected chi connectivity index (χ1v) is 5.81. The predicted molar refractivity (Wildman–Crippen MR) is 71.4 cm³/mol. The number of benzene rings is 1. The average Bonchev–Trinajstić information content (AvgIpc) is 2.39. The summed E-state index contributed by atoms with van der Waals surface area (Å²) in [5.41, 5.74) is 7.67. The third kappa shape index (κ3) is 3.10. The van der Waals surface area contributed by atoms with Crippen LogP contribution >= 0.6 is 0 Å². The Morgan fingerprint density at radius 1 is 1.28 bits per heavy atom. The van der Waals surface area contributed by atoms with Crippen LogP contribution in [0.4, 0.5) is 11.5 Å². The number of ether oxygens (including phenoxy) is 1. The largest absolute Gasteiger partial charge is 0.478 e. The van der Waals surface area contributed by atoms with Gasteiger partial charge in [0.25, 0.3) is 0 Å². The van der Waals surface area contributed by atoms with Gasteiger partial charge in [-0.1, -0.05) is 18.2 Å². The van der Waals surface area contributed by atoms with Crippen molar-refractivity contribution in [3.05, 3.63) is 42.2 Å². The molecule has 3 N–H and O–H groups in total. The van der Waals surface area contributed by atoms with Gasteiger partial charge in [0.15, 0.2) is 0 Å². The fourth-order valence-corrected chi connectivity index (χ4v) is 1.54. The van der Waals surface area contributed by atoms with E-state index in [0.29, 0.717) is 19.0 Å². The van der Waals surface area contributed by atoms with Gasteiger partial charge in [-0.2, -0.15) is 0 Å². The van der Waals surface area contributed by atoms with Crippen LogP contribution in [0.3, 0.4) is 0 Å². The van der Waals surface area contributed by atoms with Crippen molar-refractivity contribution in [3.63, 3.8) is 0 Å². The standard InChI is InChI=1S/C13H16N4O/c1-2-18-13-7-12(16-9-17-13)15-8-10-5-3-4-6-11(10)14/h3-7,9H,2,8,14H2,1H3,(H,15,16,17). The molecule has 2 rings (SSSR count). The molecule has 5 heteroatoms. The van der Waals surface area contributed by atoms with E-state index in [1.54, 1.807) is 6.07 Å². The normalized spacial score (nSPS) is 10.1. The summed E-state index contributed by atoms with van der Waals surface area (Å²) < 4.78 is 5.31. The van der Waals surface area contributed by atoms with E-state index in [0.717, 1.165) is 17.1 Å². The van der Waals surface area contributed by atoms with E-state index >= 15 is 0 Å². The topological polar surface area (TPSA) is 73.1 Å². The van der Waals surface area contributed by atoms with Gasteiger partial charge in [-0.25, -0.2) is 9.97 Å². The van der Waals surface area contributed by atoms with Crippen LogP contribution in [0.25, 0.3) is 0 Å². The molecule has 0 aliphatic carbocycles. The molecule has 18 heavy (non-hydrogen) atoms. The second-order valence-electron chi connectivity index (χ2n) is 3.73. The Morgan fingerprint density at radius 2 is 2.11 bits per heavy atom. The highest BCUT2D eigenvalue weighted by molar-refractivity contribution is 5.48. The van der Waals surface area contributed by atoms with E-state index in [-0.39, 0.29) is 0 Å². The van der Waals surface area contributed by atoms with E-state index in [1.165, 1.54) is 6.33 Å². The summed E-state index contributed by atoms with van der Waals surface area (Å²) in [4.78, 5) is 8.13. The Labute approximate surface area is 106 Å². The van der Waals surface area contributed by atoms with Crippen LogP contribution in [-0.4, -0.2) is 16.6 Å². The van der Waals surface area contributed by atoms with Crippen molar-refractivity contribution < 1.29 is 4.74 Å². The maximum absolute atomic E-state index is 5.86. The second kappa shape index (κ2) is 5.86. The molecule has 0 aliphatic rings. The first kappa shape index (κ1) is 12.2. The number of nitrogens with one attached hydrogen (secondary N) is 1. The Hall–Kier alpha value is -2.30. The van der Waals surface area contributed by atoms with Gasteiger partial charge in [0, 0.05) is 18.3 Å². The van der Waals surface area contributed by atoms with Crippen molar-refractivity contribution >= 4 is 11.5 Å². The minimum atomic E-state index is 0.566. The van der Waals surface area contributed by atoms with Gasteiger partial charge in [-0.15, -0.1) is 0 Å². The van der Waals surface area contributed by atoms with Crippen LogP contribution in [0.1, 0.15) is 12.5 Å². The third-order valence-corrected chi connectivity index (χ3v) is 2.45. The number of rotatable bonds is 5. The lowest BCUT2D eigenvalue weighted by atomic mass is 10.2. The minimum absolute atomic E-state index is 0.566. The number of nitrogens with zero attached hydrogens (tertiary/aromatic N) is 2. The quantitative estimate of drug-likeness (QED) is 0.788. The van der Waals surface area contributed by atoms with Crippen LogP contribution in [0.2, 0.25) is 0 Å². The van der Waals surface area contributed by atoms with E-state index in [1.807, 2.05) is 31.2 Å². The van der Waals surface area contributed by atoms with Crippen LogP contribution in [0, 0.1) is 0 Å². The smallest absolute Gasteiger partial charge is 0.218 e. The lowest BCUT2D eigenvalue weighted by molar-refractivity contribution is 0.326. The number of anilines is 2. The van der Waals surface area contributed by atoms with Gasteiger partial charge in [-0.3, -0.25) is 0 Å². The van der Waals surface area contributed by atoms with Gasteiger partial charge in [0.2, 0.25) is 5.88 Å². The number of nitrogen functional groups attached to an aromatic ring is 1. The number of hydrogen-bond acceptors (Lipinski definition) is 5. The summed E-state index contributed by atoms with van der Waals surface area (Å²) in [5.74, 6) is 1.28. The molecule has 0 aliphatic heterocycles. The Balaban J connectivity index is 2.02. The molecule has 1 aromatic heterocycles. The predicted octanol–water partition coefficient (Wildman–Crippen LogP) is 2.07.